The number of carbonyl (C=O) groups is 1. The number of amides is 1. The molecule has 1 atom stereocenters. The maximum atomic E-state index is 10.7. The second kappa shape index (κ2) is 6.48. The molecule has 1 aromatic carbocycles. The highest BCUT2D eigenvalue weighted by atomic mass is 32.2. The van der Waals surface area contributed by atoms with Crippen molar-refractivity contribution in [1.82, 2.24) is 0 Å². The van der Waals surface area contributed by atoms with E-state index in [0.717, 1.165) is 11.5 Å². The minimum Gasteiger partial charge on any atom is -0.368 e. The van der Waals surface area contributed by atoms with Gasteiger partial charge < -0.3 is 11.5 Å². The predicted molar refractivity (Wildman–Crippen MR) is 64.4 cm³/mol. The van der Waals surface area contributed by atoms with E-state index < -0.39 is 11.9 Å². The minimum absolute atomic E-state index is 0.421. The van der Waals surface area contributed by atoms with Gasteiger partial charge in [0.05, 0.1) is 6.04 Å². The first-order valence-electron chi connectivity index (χ1n) is 4.86. The summed E-state index contributed by atoms with van der Waals surface area (Å²) in [5.41, 5.74) is 11.9. The molecule has 0 radical (unpaired) electrons. The second-order valence-electron chi connectivity index (χ2n) is 3.34. The van der Waals surface area contributed by atoms with Crippen LogP contribution in [-0.4, -0.2) is 17.7 Å². The molecule has 0 saturated carbocycles. The zero-order valence-electron chi connectivity index (χ0n) is 8.56. The lowest BCUT2D eigenvalue weighted by atomic mass is 10.2. The summed E-state index contributed by atoms with van der Waals surface area (Å²) < 4.78 is 0. The lowest BCUT2D eigenvalue weighted by Crippen LogP contribution is -2.36. The Balaban J connectivity index is 2.15. The van der Waals surface area contributed by atoms with Gasteiger partial charge in [0.2, 0.25) is 5.91 Å². The molecule has 0 saturated heterocycles. The van der Waals surface area contributed by atoms with Crippen LogP contribution >= 0.6 is 11.8 Å². The van der Waals surface area contributed by atoms with E-state index >= 15 is 0 Å². The largest absolute Gasteiger partial charge is 0.368 e. The highest BCUT2D eigenvalue weighted by Gasteiger charge is 2.07. The molecular formula is C11H16N2OS. The monoisotopic (exact) mass is 224 g/mol. The molecule has 15 heavy (non-hydrogen) atoms. The first-order chi connectivity index (χ1) is 7.20. The number of hydrogen-bond donors (Lipinski definition) is 2. The molecule has 0 fully saturated rings. The number of primary amides is 1. The fourth-order valence-corrected chi connectivity index (χ4v) is 2.11. The van der Waals surface area contributed by atoms with Crippen molar-refractivity contribution >= 4 is 17.7 Å². The summed E-state index contributed by atoms with van der Waals surface area (Å²) >= 11 is 1.76. The molecule has 0 bridgehead atoms. The molecule has 0 aliphatic heterocycles. The molecule has 0 spiro atoms. The third-order valence-corrected chi connectivity index (χ3v) is 3.11. The van der Waals surface area contributed by atoms with Crippen molar-refractivity contribution in [2.45, 2.75) is 18.2 Å². The van der Waals surface area contributed by atoms with Gasteiger partial charge in [-0.15, -0.1) is 0 Å². The smallest absolute Gasteiger partial charge is 0.234 e. The molecule has 0 aromatic heterocycles. The Morgan fingerprint density at radius 1 is 1.33 bits per heavy atom. The highest BCUT2D eigenvalue weighted by molar-refractivity contribution is 7.98. The maximum absolute atomic E-state index is 10.7. The standard InChI is InChI=1S/C11H16N2OS/c12-10(11(13)14)6-7-15-8-9-4-2-1-3-5-9/h1-5,10H,6-8,12H2,(H2,13,14)/t10-/m0/s1. The predicted octanol–water partition coefficient (Wildman–Crippen LogP) is 1.12. The molecule has 4 heteroatoms. The quantitative estimate of drug-likeness (QED) is 0.711. The van der Waals surface area contributed by atoms with Gasteiger partial charge in [-0.25, -0.2) is 0 Å². The summed E-state index contributed by atoms with van der Waals surface area (Å²) in [7, 11) is 0. The molecule has 0 aliphatic carbocycles. The van der Waals surface area contributed by atoms with Gasteiger partial charge in [0, 0.05) is 5.75 Å². The third-order valence-electron chi connectivity index (χ3n) is 2.05. The van der Waals surface area contributed by atoms with E-state index in [-0.39, 0.29) is 0 Å². The highest BCUT2D eigenvalue weighted by Crippen LogP contribution is 2.12. The Morgan fingerprint density at radius 2 is 2.00 bits per heavy atom. The van der Waals surface area contributed by atoms with Gasteiger partial charge in [-0.3, -0.25) is 4.79 Å². The molecule has 1 aromatic rings. The van der Waals surface area contributed by atoms with Crippen molar-refractivity contribution in [3.8, 4) is 0 Å². The fourth-order valence-electron chi connectivity index (χ4n) is 1.12. The van der Waals surface area contributed by atoms with Crippen molar-refractivity contribution in [2.24, 2.45) is 11.5 Å². The summed E-state index contributed by atoms with van der Waals surface area (Å²) in [5.74, 6) is 1.39. The zero-order valence-corrected chi connectivity index (χ0v) is 9.37. The van der Waals surface area contributed by atoms with Crippen molar-refractivity contribution in [2.75, 3.05) is 5.75 Å². The Kier molecular flexibility index (Phi) is 5.21. The summed E-state index contributed by atoms with van der Waals surface area (Å²) in [6, 6.07) is 9.70. The summed E-state index contributed by atoms with van der Waals surface area (Å²) in [6.45, 7) is 0. The normalized spacial score (nSPS) is 12.3. The number of nitrogens with two attached hydrogens (primary N) is 2. The average Bonchev–Trinajstić information content (AvgIpc) is 2.25. The molecule has 3 nitrogen and oxygen atoms in total. The topological polar surface area (TPSA) is 69.1 Å². The molecular weight excluding hydrogens is 208 g/mol. The number of thioether (sulfide) groups is 1. The van der Waals surface area contributed by atoms with Gasteiger partial charge in [-0.05, 0) is 17.7 Å². The molecule has 1 rings (SSSR count). The first-order valence-corrected chi connectivity index (χ1v) is 6.02. The van der Waals surface area contributed by atoms with Gasteiger partial charge in [0.1, 0.15) is 0 Å². The minimum atomic E-state index is -0.506. The van der Waals surface area contributed by atoms with Gasteiger partial charge >= 0.3 is 0 Å². The SMILES string of the molecule is NC(=O)[C@@H](N)CCSCc1ccccc1. The van der Waals surface area contributed by atoms with Crippen molar-refractivity contribution in [3.05, 3.63) is 35.9 Å². The number of rotatable bonds is 6. The third kappa shape index (κ3) is 4.85. The van der Waals surface area contributed by atoms with Crippen molar-refractivity contribution in [3.63, 3.8) is 0 Å². The van der Waals surface area contributed by atoms with E-state index in [1.807, 2.05) is 18.2 Å². The molecule has 82 valence electrons. The second-order valence-corrected chi connectivity index (χ2v) is 4.44. The Morgan fingerprint density at radius 3 is 2.60 bits per heavy atom. The van der Waals surface area contributed by atoms with Gasteiger partial charge in [-0.1, -0.05) is 30.3 Å². The fraction of sp³-hybridized carbons (Fsp3) is 0.364. The molecule has 4 N–H and O–H groups in total. The van der Waals surface area contributed by atoms with Gasteiger partial charge in [-0.2, -0.15) is 11.8 Å². The van der Waals surface area contributed by atoms with Crippen LogP contribution in [0.1, 0.15) is 12.0 Å². The first kappa shape index (κ1) is 12.1. The average molecular weight is 224 g/mol. The number of hydrogen-bond acceptors (Lipinski definition) is 3. The number of carbonyl (C=O) groups excluding carboxylic acids is 1. The van der Waals surface area contributed by atoms with Gasteiger partial charge in [0.15, 0.2) is 0 Å². The molecule has 0 unspecified atom stereocenters. The van der Waals surface area contributed by atoms with Gasteiger partial charge in [0.25, 0.3) is 0 Å². The van der Waals surface area contributed by atoms with E-state index in [2.05, 4.69) is 12.1 Å². The van der Waals surface area contributed by atoms with Crippen LogP contribution in [0, 0.1) is 0 Å². The summed E-state index contributed by atoms with van der Waals surface area (Å²) in [5, 5.41) is 0. The Hall–Kier alpha value is -1.00. The summed E-state index contributed by atoms with van der Waals surface area (Å²) in [6.07, 6.45) is 0.646. The number of benzene rings is 1. The van der Waals surface area contributed by atoms with E-state index in [0.29, 0.717) is 6.42 Å². The zero-order chi connectivity index (χ0) is 11.1. The molecule has 1 amide bonds. The lowest BCUT2D eigenvalue weighted by Gasteiger charge is -2.06. The van der Waals surface area contributed by atoms with Crippen LogP contribution in [0.3, 0.4) is 0 Å². The van der Waals surface area contributed by atoms with E-state index in [4.69, 9.17) is 11.5 Å². The van der Waals surface area contributed by atoms with Crippen LogP contribution in [0.4, 0.5) is 0 Å². The Labute approximate surface area is 94.2 Å². The van der Waals surface area contributed by atoms with Crippen LogP contribution in [-0.2, 0) is 10.5 Å². The lowest BCUT2D eigenvalue weighted by molar-refractivity contribution is -0.119. The van der Waals surface area contributed by atoms with Crippen LogP contribution in [0.25, 0.3) is 0 Å². The Bertz CT molecular complexity index is 303. The van der Waals surface area contributed by atoms with Crippen LogP contribution in [0.2, 0.25) is 0 Å². The van der Waals surface area contributed by atoms with Crippen molar-refractivity contribution in [1.29, 1.82) is 0 Å². The van der Waals surface area contributed by atoms with E-state index in [1.54, 1.807) is 11.8 Å². The molecule has 0 aliphatic rings. The summed E-state index contributed by atoms with van der Waals surface area (Å²) in [4.78, 5) is 10.7. The van der Waals surface area contributed by atoms with Crippen molar-refractivity contribution < 1.29 is 4.79 Å². The maximum Gasteiger partial charge on any atom is 0.234 e. The van der Waals surface area contributed by atoms with Crippen LogP contribution < -0.4 is 11.5 Å². The van der Waals surface area contributed by atoms with Crippen LogP contribution in [0.15, 0.2) is 30.3 Å². The molecule has 0 heterocycles. The van der Waals surface area contributed by atoms with E-state index in [1.165, 1.54) is 5.56 Å². The van der Waals surface area contributed by atoms with E-state index in [9.17, 15) is 4.79 Å². The van der Waals surface area contributed by atoms with Crippen LogP contribution in [0.5, 0.6) is 0 Å².